The van der Waals surface area contributed by atoms with Crippen LogP contribution in [0.5, 0.6) is 0 Å². The molecule has 1 aromatic heterocycles. The van der Waals surface area contributed by atoms with Crippen LogP contribution in [0.2, 0.25) is 0 Å². The number of aryl methyl sites for hydroxylation is 1. The Morgan fingerprint density at radius 3 is 2.53 bits per heavy atom. The van der Waals surface area contributed by atoms with Crippen molar-refractivity contribution < 1.29 is 8.42 Å². The van der Waals surface area contributed by atoms with E-state index in [1.165, 1.54) is 0 Å². The molecule has 0 unspecified atom stereocenters. The molecule has 0 atom stereocenters. The van der Waals surface area contributed by atoms with Gasteiger partial charge in [0.05, 0.1) is 4.90 Å². The molecule has 2 rings (SSSR count). The maximum atomic E-state index is 12.1. The van der Waals surface area contributed by atoms with Crippen LogP contribution in [0.15, 0.2) is 29.2 Å². The minimum Gasteiger partial charge on any atom is -0.330 e. The van der Waals surface area contributed by atoms with E-state index in [1.54, 1.807) is 31.2 Å². The second kappa shape index (κ2) is 5.64. The number of hydrogen-bond acceptors (Lipinski definition) is 6. The normalized spacial score (nSPS) is 11.5. The molecule has 1 heterocycles. The van der Waals surface area contributed by atoms with Crippen LogP contribution in [0.25, 0.3) is 0 Å². The van der Waals surface area contributed by atoms with Gasteiger partial charge in [-0.15, -0.1) is 0 Å². The van der Waals surface area contributed by atoms with Crippen LogP contribution < -0.4 is 10.5 Å². The summed E-state index contributed by atoms with van der Waals surface area (Å²) in [5.41, 5.74) is 6.45. The topological polar surface area (TPSA) is 98.0 Å². The fourth-order valence-corrected chi connectivity index (χ4v) is 3.31. The molecule has 0 bridgehead atoms. The van der Waals surface area contributed by atoms with Gasteiger partial charge in [0.1, 0.15) is 5.82 Å². The predicted octanol–water partition coefficient (Wildman–Crippen LogP) is 1.15. The molecule has 0 amide bonds. The van der Waals surface area contributed by atoms with Crippen molar-refractivity contribution in [3.8, 4) is 0 Å². The summed E-state index contributed by atoms with van der Waals surface area (Å²) in [5.74, 6) is 0.543. The number of sulfonamides is 1. The number of nitrogens with one attached hydrogen (secondary N) is 1. The smallest absolute Gasteiger partial charge is 0.263 e. The van der Waals surface area contributed by atoms with Gasteiger partial charge in [0.2, 0.25) is 5.13 Å². The Morgan fingerprint density at radius 1 is 1.32 bits per heavy atom. The second-order valence-electron chi connectivity index (χ2n) is 3.93. The number of aromatic nitrogens is 2. The Bertz CT molecular complexity index is 650. The zero-order chi connectivity index (χ0) is 13.9. The Kier molecular flexibility index (Phi) is 4.13. The maximum absolute atomic E-state index is 12.1. The van der Waals surface area contributed by atoms with Gasteiger partial charge in [-0.25, -0.2) is 13.4 Å². The van der Waals surface area contributed by atoms with Crippen LogP contribution in [0.3, 0.4) is 0 Å². The lowest BCUT2D eigenvalue weighted by Gasteiger charge is -2.05. The second-order valence-corrected chi connectivity index (χ2v) is 6.37. The Balaban J connectivity index is 2.19. The monoisotopic (exact) mass is 298 g/mol. The molecule has 2 aromatic rings. The number of rotatable bonds is 5. The average molecular weight is 298 g/mol. The van der Waals surface area contributed by atoms with Crippen molar-refractivity contribution in [2.24, 2.45) is 5.73 Å². The average Bonchev–Trinajstić information content (AvgIpc) is 2.75. The third-order valence-electron chi connectivity index (χ3n) is 2.42. The van der Waals surface area contributed by atoms with Gasteiger partial charge in [-0.1, -0.05) is 12.1 Å². The molecule has 0 radical (unpaired) electrons. The molecule has 0 fully saturated rings. The SMILES string of the molecule is Cc1nsc(NS(=O)(=O)c2ccc(CCN)cc2)n1. The first-order chi connectivity index (χ1) is 9.01. The van der Waals surface area contributed by atoms with Crippen molar-refractivity contribution in [2.45, 2.75) is 18.2 Å². The van der Waals surface area contributed by atoms with Gasteiger partial charge in [-0.2, -0.15) is 4.37 Å². The molecule has 0 aliphatic rings. The van der Waals surface area contributed by atoms with Gasteiger partial charge < -0.3 is 5.73 Å². The van der Waals surface area contributed by atoms with Crippen LogP contribution >= 0.6 is 11.5 Å². The summed E-state index contributed by atoms with van der Waals surface area (Å²) in [5, 5.41) is 0.267. The number of anilines is 1. The van der Waals surface area contributed by atoms with Gasteiger partial charge in [0, 0.05) is 11.5 Å². The van der Waals surface area contributed by atoms with Crippen molar-refractivity contribution in [1.29, 1.82) is 0 Å². The molecule has 19 heavy (non-hydrogen) atoms. The van der Waals surface area contributed by atoms with Crippen LogP contribution in [-0.2, 0) is 16.4 Å². The molecule has 8 heteroatoms. The van der Waals surface area contributed by atoms with Gasteiger partial charge in [0.15, 0.2) is 0 Å². The molecule has 0 aliphatic carbocycles. The zero-order valence-electron chi connectivity index (χ0n) is 10.3. The summed E-state index contributed by atoms with van der Waals surface area (Å²) < 4.78 is 30.5. The molecule has 0 saturated heterocycles. The standard InChI is InChI=1S/C11H14N4O2S2/c1-8-13-11(18-14-8)15-19(16,17)10-4-2-9(3-5-10)6-7-12/h2-5H,6-7,12H2,1H3,(H,13,14,15). The Hall–Kier alpha value is -1.51. The highest BCUT2D eigenvalue weighted by Gasteiger charge is 2.16. The molecule has 102 valence electrons. The number of hydrogen-bond donors (Lipinski definition) is 2. The Morgan fingerprint density at radius 2 is 2.00 bits per heavy atom. The van der Waals surface area contributed by atoms with E-state index in [1.807, 2.05) is 0 Å². The lowest BCUT2D eigenvalue weighted by molar-refractivity contribution is 0.601. The first kappa shape index (κ1) is 13.9. The number of nitrogens with zero attached hydrogens (tertiary/aromatic N) is 2. The number of nitrogens with two attached hydrogens (primary N) is 1. The molecular formula is C11H14N4O2S2. The van der Waals surface area contributed by atoms with Crippen molar-refractivity contribution in [3.63, 3.8) is 0 Å². The molecule has 6 nitrogen and oxygen atoms in total. The molecular weight excluding hydrogens is 284 g/mol. The molecule has 0 spiro atoms. The number of benzene rings is 1. The van der Waals surface area contributed by atoms with Gasteiger partial charge >= 0.3 is 0 Å². The lowest BCUT2D eigenvalue weighted by Crippen LogP contribution is -2.13. The summed E-state index contributed by atoms with van der Waals surface area (Å²) in [7, 11) is -3.61. The van der Waals surface area contributed by atoms with Gasteiger partial charge in [-0.3, -0.25) is 4.72 Å². The summed E-state index contributed by atoms with van der Waals surface area (Å²) in [6.07, 6.45) is 0.726. The van der Waals surface area contributed by atoms with Crippen LogP contribution in [-0.4, -0.2) is 24.3 Å². The van der Waals surface area contributed by atoms with E-state index in [4.69, 9.17) is 5.73 Å². The largest absolute Gasteiger partial charge is 0.330 e. The van der Waals surface area contributed by atoms with E-state index in [-0.39, 0.29) is 10.0 Å². The van der Waals surface area contributed by atoms with Crippen molar-refractivity contribution in [1.82, 2.24) is 9.36 Å². The first-order valence-electron chi connectivity index (χ1n) is 5.63. The van der Waals surface area contributed by atoms with E-state index in [0.717, 1.165) is 23.5 Å². The fraction of sp³-hybridized carbons (Fsp3) is 0.273. The van der Waals surface area contributed by atoms with E-state index < -0.39 is 10.0 Å². The Labute approximate surface area is 115 Å². The van der Waals surface area contributed by atoms with E-state index in [9.17, 15) is 8.42 Å². The quantitative estimate of drug-likeness (QED) is 0.863. The highest BCUT2D eigenvalue weighted by molar-refractivity contribution is 7.93. The molecule has 0 aliphatic heterocycles. The highest BCUT2D eigenvalue weighted by Crippen LogP contribution is 2.18. The summed E-state index contributed by atoms with van der Waals surface area (Å²) in [6.45, 7) is 2.24. The maximum Gasteiger partial charge on any atom is 0.263 e. The van der Waals surface area contributed by atoms with Crippen molar-refractivity contribution in [2.75, 3.05) is 11.3 Å². The predicted molar refractivity (Wildman–Crippen MR) is 74.7 cm³/mol. The lowest BCUT2D eigenvalue weighted by atomic mass is 10.2. The van der Waals surface area contributed by atoms with E-state index in [2.05, 4.69) is 14.1 Å². The summed E-state index contributed by atoms with van der Waals surface area (Å²) in [4.78, 5) is 4.16. The third-order valence-corrected chi connectivity index (χ3v) is 4.62. The van der Waals surface area contributed by atoms with Crippen LogP contribution in [0.1, 0.15) is 11.4 Å². The van der Waals surface area contributed by atoms with Gasteiger partial charge in [0.25, 0.3) is 10.0 Å². The van der Waals surface area contributed by atoms with Crippen molar-refractivity contribution in [3.05, 3.63) is 35.7 Å². The minimum atomic E-state index is -3.61. The first-order valence-corrected chi connectivity index (χ1v) is 7.89. The van der Waals surface area contributed by atoms with Crippen molar-refractivity contribution >= 4 is 26.7 Å². The summed E-state index contributed by atoms with van der Waals surface area (Å²) in [6, 6.07) is 6.63. The third kappa shape index (κ3) is 3.49. The fourth-order valence-electron chi connectivity index (χ4n) is 1.51. The summed E-state index contributed by atoms with van der Waals surface area (Å²) >= 11 is 1.01. The van der Waals surface area contributed by atoms with Crippen LogP contribution in [0, 0.1) is 6.92 Å². The minimum absolute atomic E-state index is 0.195. The zero-order valence-corrected chi connectivity index (χ0v) is 12.0. The molecule has 1 aromatic carbocycles. The van der Waals surface area contributed by atoms with Gasteiger partial charge in [-0.05, 0) is 37.6 Å². The van der Waals surface area contributed by atoms with E-state index in [0.29, 0.717) is 12.4 Å². The van der Waals surface area contributed by atoms with Crippen LogP contribution in [0.4, 0.5) is 5.13 Å². The van der Waals surface area contributed by atoms with E-state index >= 15 is 0 Å². The highest BCUT2D eigenvalue weighted by atomic mass is 32.2. The molecule has 0 saturated carbocycles. The molecule has 3 N–H and O–H groups in total.